The van der Waals surface area contributed by atoms with Crippen molar-refractivity contribution in [3.63, 3.8) is 0 Å². The summed E-state index contributed by atoms with van der Waals surface area (Å²) in [5, 5.41) is 1.33. The molecule has 0 aliphatic carbocycles. The number of H-pyrrole nitrogens is 1. The van der Waals surface area contributed by atoms with Crippen LogP contribution in [0.5, 0.6) is 0 Å². The van der Waals surface area contributed by atoms with Crippen molar-refractivity contribution in [3.8, 4) is 0 Å². The first kappa shape index (κ1) is 17.1. The van der Waals surface area contributed by atoms with Gasteiger partial charge >= 0.3 is 5.97 Å². The highest BCUT2D eigenvalue weighted by molar-refractivity contribution is 5.91. The van der Waals surface area contributed by atoms with Gasteiger partial charge in [0.05, 0.1) is 18.7 Å². The number of aromatic amines is 1. The zero-order chi connectivity index (χ0) is 19.3. The first-order chi connectivity index (χ1) is 13.7. The Morgan fingerprint density at radius 2 is 1.86 bits per heavy atom. The lowest BCUT2D eigenvalue weighted by molar-refractivity contribution is -0.137. The van der Waals surface area contributed by atoms with Gasteiger partial charge in [0.1, 0.15) is 0 Å². The number of fused-ring (bicyclic) bond motifs is 5. The molecule has 3 heterocycles. The van der Waals surface area contributed by atoms with E-state index in [4.69, 9.17) is 4.74 Å². The molecule has 0 fully saturated rings. The van der Waals surface area contributed by atoms with Crippen molar-refractivity contribution in [1.82, 2.24) is 9.88 Å². The number of benzene rings is 2. The fourth-order valence-corrected chi connectivity index (χ4v) is 5.10. The van der Waals surface area contributed by atoms with Crippen LogP contribution in [0.1, 0.15) is 42.1 Å². The van der Waals surface area contributed by atoms with E-state index < -0.39 is 0 Å². The van der Waals surface area contributed by atoms with E-state index in [2.05, 4.69) is 53.2 Å². The van der Waals surface area contributed by atoms with Crippen LogP contribution in [-0.4, -0.2) is 29.5 Å². The Bertz CT molecular complexity index is 1080. The minimum atomic E-state index is -0.216. The third-order valence-corrected chi connectivity index (χ3v) is 6.39. The van der Waals surface area contributed by atoms with E-state index in [0.717, 1.165) is 30.7 Å². The molecule has 1 aromatic heterocycles. The molecule has 2 aliphatic rings. The van der Waals surface area contributed by atoms with Crippen molar-refractivity contribution >= 4 is 16.9 Å². The molecule has 2 aromatic carbocycles. The maximum absolute atomic E-state index is 12.7. The molecule has 4 nitrogen and oxygen atoms in total. The van der Waals surface area contributed by atoms with E-state index in [-0.39, 0.29) is 17.9 Å². The van der Waals surface area contributed by atoms with Crippen LogP contribution in [0.2, 0.25) is 0 Å². The van der Waals surface area contributed by atoms with Crippen molar-refractivity contribution in [1.29, 1.82) is 0 Å². The highest BCUT2D eigenvalue weighted by atomic mass is 16.5. The Hall–Kier alpha value is -3.01. The maximum atomic E-state index is 12.7. The summed E-state index contributed by atoms with van der Waals surface area (Å²) in [6.45, 7) is 3.00. The number of hydrogen-bond donors (Lipinski definition) is 1. The number of carbonyl (C=O) groups is 1. The summed E-state index contributed by atoms with van der Waals surface area (Å²) < 4.78 is 5.18. The maximum Gasteiger partial charge on any atom is 0.336 e. The van der Waals surface area contributed by atoms with E-state index >= 15 is 0 Å². The molecule has 0 amide bonds. The molecule has 2 aliphatic heterocycles. The summed E-state index contributed by atoms with van der Waals surface area (Å²) in [5.41, 5.74) is 6.94. The number of ether oxygens (including phenoxy) is 1. The van der Waals surface area contributed by atoms with Crippen LogP contribution in [0, 0.1) is 0 Å². The molecule has 4 heteroatoms. The molecular weight excluding hydrogens is 348 g/mol. The quantitative estimate of drug-likeness (QED) is 0.663. The minimum Gasteiger partial charge on any atom is -0.466 e. The molecule has 0 unspecified atom stereocenters. The average Bonchev–Trinajstić information content (AvgIpc) is 3.13. The number of carbonyl (C=O) groups excluding carboxylic acids is 1. The number of esters is 1. The van der Waals surface area contributed by atoms with Gasteiger partial charge in [0.25, 0.3) is 0 Å². The number of para-hydroxylation sites is 1. The van der Waals surface area contributed by atoms with Crippen molar-refractivity contribution < 1.29 is 9.53 Å². The second-order valence-corrected chi connectivity index (χ2v) is 7.71. The lowest BCUT2D eigenvalue weighted by atomic mass is 9.78. The predicted molar refractivity (Wildman–Crippen MR) is 110 cm³/mol. The minimum absolute atomic E-state index is 0.0345. The predicted octanol–water partition coefficient (Wildman–Crippen LogP) is 4.70. The average molecular weight is 372 g/mol. The first-order valence-corrected chi connectivity index (χ1v) is 9.89. The van der Waals surface area contributed by atoms with Crippen LogP contribution < -0.4 is 0 Å². The monoisotopic (exact) mass is 372 g/mol. The van der Waals surface area contributed by atoms with Gasteiger partial charge in [-0.2, -0.15) is 0 Å². The second kappa shape index (κ2) is 6.55. The summed E-state index contributed by atoms with van der Waals surface area (Å²) >= 11 is 0. The Labute approximate surface area is 164 Å². The van der Waals surface area contributed by atoms with E-state index in [9.17, 15) is 4.79 Å². The zero-order valence-corrected chi connectivity index (χ0v) is 16.2. The van der Waals surface area contributed by atoms with E-state index in [1.807, 2.05) is 18.2 Å². The van der Waals surface area contributed by atoms with Gasteiger partial charge in [-0.1, -0.05) is 48.5 Å². The summed E-state index contributed by atoms with van der Waals surface area (Å²) in [6.07, 6.45) is 1.85. The highest BCUT2D eigenvalue weighted by Crippen LogP contribution is 2.48. The number of allylic oxidation sites excluding steroid dienone is 1. The molecule has 2 atom stereocenters. The Morgan fingerprint density at radius 3 is 2.64 bits per heavy atom. The third kappa shape index (κ3) is 2.48. The lowest BCUT2D eigenvalue weighted by Crippen LogP contribution is -2.40. The smallest absolute Gasteiger partial charge is 0.336 e. The molecule has 28 heavy (non-hydrogen) atoms. The van der Waals surface area contributed by atoms with E-state index in [0.29, 0.717) is 0 Å². The van der Waals surface area contributed by atoms with Gasteiger partial charge < -0.3 is 14.6 Å². The first-order valence-electron chi connectivity index (χ1n) is 9.89. The van der Waals surface area contributed by atoms with Gasteiger partial charge in [0, 0.05) is 34.8 Å². The van der Waals surface area contributed by atoms with Crippen LogP contribution in [0.4, 0.5) is 0 Å². The zero-order valence-electron chi connectivity index (χ0n) is 16.2. The fourth-order valence-electron chi connectivity index (χ4n) is 5.10. The normalized spacial score (nSPS) is 21.4. The van der Waals surface area contributed by atoms with Crippen molar-refractivity contribution in [2.24, 2.45) is 0 Å². The van der Waals surface area contributed by atoms with Crippen molar-refractivity contribution in [2.75, 3.05) is 13.7 Å². The van der Waals surface area contributed by atoms with Crippen LogP contribution in [0.25, 0.3) is 10.9 Å². The van der Waals surface area contributed by atoms with Gasteiger partial charge in [-0.05, 0) is 37.0 Å². The van der Waals surface area contributed by atoms with E-state index in [1.165, 1.54) is 34.8 Å². The number of nitrogens with one attached hydrogen (secondary N) is 1. The Morgan fingerprint density at radius 1 is 1.11 bits per heavy atom. The van der Waals surface area contributed by atoms with Crippen molar-refractivity contribution in [2.45, 2.75) is 31.7 Å². The number of hydrogen-bond acceptors (Lipinski definition) is 3. The summed E-state index contributed by atoms with van der Waals surface area (Å²) in [7, 11) is 1.47. The number of nitrogens with zero attached hydrogens (tertiary/aromatic N) is 1. The molecule has 0 radical (unpaired) electrons. The molecule has 5 rings (SSSR count). The Balaban J connectivity index is 1.67. The van der Waals surface area contributed by atoms with Crippen LogP contribution >= 0.6 is 0 Å². The van der Waals surface area contributed by atoms with Crippen LogP contribution in [-0.2, 0) is 16.0 Å². The van der Waals surface area contributed by atoms with Gasteiger partial charge in [-0.3, -0.25) is 0 Å². The second-order valence-electron chi connectivity index (χ2n) is 7.71. The molecular formula is C24H24N2O2. The number of aromatic nitrogens is 1. The summed E-state index contributed by atoms with van der Waals surface area (Å²) in [6, 6.07) is 19.1. The molecule has 0 bridgehead atoms. The van der Waals surface area contributed by atoms with Gasteiger partial charge in [-0.25, -0.2) is 4.79 Å². The molecule has 1 N–H and O–H groups in total. The van der Waals surface area contributed by atoms with Crippen LogP contribution in [0.3, 0.4) is 0 Å². The van der Waals surface area contributed by atoms with Gasteiger partial charge in [-0.15, -0.1) is 0 Å². The highest BCUT2D eigenvalue weighted by Gasteiger charge is 2.41. The van der Waals surface area contributed by atoms with E-state index in [1.54, 1.807) is 0 Å². The molecule has 142 valence electrons. The van der Waals surface area contributed by atoms with Gasteiger partial charge in [0.15, 0.2) is 0 Å². The molecule has 0 saturated heterocycles. The SMILES string of the molecule is COC(=O)C1=C(C)N2CCc3c([nH]c4ccccc34)[C@@H]2C[C@H]1c1ccccc1. The lowest BCUT2D eigenvalue weighted by Gasteiger charge is -2.45. The molecule has 0 saturated carbocycles. The molecule has 0 spiro atoms. The third-order valence-electron chi connectivity index (χ3n) is 6.39. The Kier molecular flexibility index (Phi) is 4.00. The van der Waals surface area contributed by atoms with Gasteiger partial charge in [0.2, 0.25) is 0 Å². The number of methoxy groups -OCH3 is 1. The summed E-state index contributed by atoms with van der Waals surface area (Å²) in [4.78, 5) is 18.8. The van der Waals surface area contributed by atoms with Crippen molar-refractivity contribution in [3.05, 3.63) is 82.7 Å². The largest absolute Gasteiger partial charge is 0.466 e. The summed E-state index contributed by atoms with van der Waals surface area (Å²) in [5.74, 6) is -0.181. The van der Waals surface area contributed by atoms with Crippen LogP contribution in [0.15, 0.2) is 65.9 Å². The number of rotatable bonds is 2. The topological polar surface area (TPSA) is 45.3 Å². The molecule has 3 aromatic rings. The fraction of sp³-hybridized carbons (Fsp3) is 0.292. The standard InChI is InChI=1S/C24H24N2O2/c1-15-22(24(27)28-2)19(16-8-4-3-5-9-16)14-21-23-18(12-13-26(15)21)17-10-6-7-11-20(17)25-23/h3-11,19,21,25H,12-14H2,1-2H3/t19-,21-/m0/s1.